The van der Waals surface area contributed by atoms with E-state index in [-0.39, 0.29) is 5.83 Å². The van der Waals surface area contributed by atoms with Crippen molar-refractivity contribution in [1.29, 1.82) is 0 Å². The van der Waals surface area contributed by atoms with E-state index in [9.17, 15) is 4.39 Å². The molecule has 0 radical (unpaired) electrons. The number of halogens is 2. The molecule has 0 saturated heterocycles. The molecule has 1 aliphatic rings. The average Bonchev–Trinajstić information content (AvgIpc) is 2.55. The zero-order valence-corrected chi connectivity index (χ0v) is 13.8. The van der Waals surface area contributed by atoms with E-state index in [2.05, 4.69) is 6.58 Å². The van der Waals surface area contributed by atoms with Crippen molar-refractivity contribution in [2.45, 2.75) is 20.8 Å². The van der Waals surface area contributed by atoms with Gasteiger partial charge in [0.15, 0.2) is 5.83 Å². The molecule has 0 fully saturated rings. The van der Waals surface area contributed by atoms with Gasteiger partial charge in [0.25, 0.3) is 0 Å². The summed E-state index contributed by atoms with van der Waals surface area (Å²) in [6.07, 6.45) is 0. The molecule has 114 valence electrons. The summed E-state index contributed by atoms with van der Waals surface area (Å²) in [5.41, 5.74) is 3.25. The number of fused-ring (bicyclic) bond motifs is 1. The Bertz CT molecular complexity index is 719. The minimum atomic E-state index is -0.265. The quantitative estimate of drug-likeness (QED) is 0.579. The zero-order chi connectivity index (χ0) is 16.3. The summed E-state index contributed by atoms with van der Waals surface area (Å²) in [4.78, 5) is 1.80. The number of hydrogen-bond acceptors (Lipinski definition) is 1. The number of para-hydroxylation sites is 1. The maximum atomic E-state index is 14.6. The molecule has 0 aromatic heterocycles. The molecule has 3 heteroatoms. The summed E-state index contributed by atoms with van der Waals surface area (Å²) in [5.74, 6) is -0.265. The van der Waals surface area contributed by atoms with Crippen LogP contribution in [0.5, 0.6) is 0 Å². The van der Waals surface area contributed by atoms with Gasteiger partial charge >= 0.3 is 0 Å². The van der Waals surface area contributed by atoms with Crippen molar-refractivity contribution in [2.75, 3.05) is 4.90 Å². The van der Waals surface area contributed by atoms with Gasteiger partial charge in [-0.15, -0.1) is 0 Å². The Morgan fingerprint density at radius 1 is 1.00 bits per heavy atom. The van der Waals surface area contributed by atoms with E-state index < -0.39 is 0 Å². The molecule has 0 N–H and O–H groups in total. The maximum absolute atomic E-state index is 14.6. The molecule has 22 heavy (non-hydrogen) atoms. The van der Waals surface area contributed by atoms with E-state index in [1.807, 2.05) is 44.2 Å². The number of nitrogens with zero attached hydrogens (tertiary/aromatic N) is 1. The molecule has 0 saturated carbocycles. The Hall–Kier alpha value is -2.06. The summed E-state index contributed by atoms with van der Waals surface area (Å²) in [6, 6.07) is 14.8. The highest BCUT2D eigenvalue weighted by molar-refractivity contribution is 6.33. The maximum Gasteiger partial charge on any atom is 0.150 e. The van der Waals surface area contributed by atoms with E-state index in [1.165, 1.54) is 0 Å². The van der Waals surface area contributed by atoms with E-state index in [0.717, 1.165) is 5.69 Å². The summed E-state index contributed by atoms with van der Waals surface area (Å²) in [6.45, 7) is 9.85. The topological polar surface area (TPSA) is 3.24 Å². The first kappa shape index (κ1) is 16.3. The fourth-order valence-corrected chi connectivity index (χ4v) is 2.82. The van der Waals surface area contributed by atoms with Gasteiger partial charge < -0.3 is 4.90 Å². The van der Waals surface area contributed by atoms with Crippen molar-refractivity contribution >= 4 is 28.8 Å². The highest BCUT2D eigenvalue weighted by Gasteiger charge is 2.28. The van der Waals surface area contributed by atoms with Gasteiger partial charge in [-0.25, -0.2) is 4.39 Å². The Labute approximate surface area is 136 Å². The first-order chi connectivity index (χ1) is 10.6. The van der Waals surface area contributed by atoms with E-state index in [1.54, 1.807) is 30.0 Å². The van der Waals surface area contributed by atoms with Crippen LogP contribution in [0.25, 0.3) is 11.5 Å². The SMILES string of the molecule is C=C1c2c(Cl)cccc2C(F)=C(C)N1c1ccccc1.CC. The second kappa shape index (κ2) is 6.80. The number of benzene rings is 2. The summed E-state index contributed by atoms with van der Waals surface area (Å²) in [7, 11) is 0. The van der Waals surface area contributed by atoms with Crippen molar-refractivity contribution in [1.82, 2.24) is 0 Å². The van der Waals surface area contributed by atoms with Gasteiger partial charge in [-0.3, -0.25) is 0 Å². The van der Waals surface area contributed by atoms with Gasteiger partial charge in [0.2, 0.25) is 0 Å². The van der Waals surface area contributed by atoms with Crippen molar-refractivity contribution in [2.24, 2.45) is 0 Å². The lowest BCUT2D eigenvalue weighted by molar-refractivity contribution is 0.741. The van der Waals surface area contributed by atoms with Crippen LogP contribution >= 0.6 is 11.6 Å². The van der Waals surface area contributed by atoms with Gasteiger partial charge in [-0.1, -0.05) is 62.4 Å². The second-order valence-electron chi connectivity index (χ2n) is 4.68. The lowest BCUT2D eigenvalue weighted by Gasteiger charge is -2.33. The molecule has 1 heterocycles. The van der Waals surface area contributed by atoms with Crippen molar-refractivity contribution < 1.29 is 4.39 Å². The summed E-state index contributed by atoms with van der Waals surface area (Å²) < 4.78 is 14.6. The molecular formula is C19H19ClFN. The third kappa shape index (κ3) is 2.67. The van der Waals surface area contributed by atoms with Crippen LogP contribution in [0, 0.1) is 0 Å². The predicted octanol–water partition coefficient (Wildman–Crippen LogP) is 6.52. The lowest BCUT2D eigenvalue weighted by atomic mass is 9.97. The van der Waals surface area contributed by atoms with E-state index in [4.69, 9.17) is 11.6 Å². The van der Waals surface area contributed by atoms with Crippen molar-refractivity contribution in [3.8, 4) is 0 Å². The lowest BCUT2D eigenvalue weighted by Crippen LogP contribution is -2.24. The monoisotopic (exact) mass is 315 g/mol. The Kier molecular flexibility index (Phi) is 5.04. The molecule has 2 aromatic rings. The fraction of sp³-hybridized carbons (Fsp3) is 0.158. The van der Waals surface area contributed by atoms with Gasteiger partial charge in [0.1, 0.15) is 0 Å². The molecule has 1 nitrogen and oxygen atoms in total. The first-order valence-corrected chi connectivity index (χ1v) is 7.69. The molecule has 0 unspecified atom stereocenters. The number of hydrogen-bond donors (Lipinski definition) is 0. The molecule has 2 aromatic carbocycles. The van der Waals surface area contributed by atoms with Crippen LogP contribution in [0.15, 0.2) is 60.8 Å². The molecule has 3 rings (SSSR count). The van der Waals surface area contributed by atoms with Crippen LogP contribution in [0.2, 0.25) is 5.02 Å². The molecular weight excluding hydrogens is 297 g/mol. The Morgan fingerprint density at radius 2 is 1.64 bits per heavy atom. The minimum Gasteiger partial charge on any atom is -0.311 e. The van der Waals surface area contributed by atoms with Crippen LogP contribution in [-0.2, 0) is 0 Å². The standard InChI is InChI=1S/C17H13ClFN.C2H6/c1-11-16-14(9-6-10-15(16)18)17(19)12(2)20(11)13-7-4-3-5-8-13;1-2/h3-10H,1H2,2H3;1-2H3. The first-order valence-electron chi connectivity index (χ1n) is 7.31. The normalized spacial score (nSPS) is 13.5. The van der Waals surface area contributed by atoms with Crippen LogP contribution in [0.1, 0.15) is 31.9 Å². The molecule has 0 atom stereocenters. The highest BCUT2D eigenvalue weighted by atomic mass is 35.5. The highest BCUT2D eigenvalue weighted by Crippen LogP contribution is 2.43. The van der Waals surface area contributed by atoms with Gasteiger partial charge in [-0.05, 0) is 25.1 Å². The molecule has 0 aliphatic carbocycles. The van der Waals surface area contributed by atoms with Crippen LogP contribution in [0.3, 0.4) is 0 Å². The largest absolute Gasteiger partial charge is 0.311 e. The minimum absolute atomic E-state index is 0.265. The van der Waals surface area contributed by atoms with Gasteiger partial charge in [-0.2, -0.15) is 0 Å². The number of allylic oxidation sites excluding steroid dienone is 1. The van der Waals surface area contributed by atoms with E-state index >= 15 is 0 Å². The Balaban J connectivity index is 0.000000847. The number of rotatable bonds is 1. The molecule has 1 aliphatic heterocycles. The molecule has 0 spiro atoms. The summed E-state index contributed by atoms with van der Waals surface area (Å²) >= 11 is 6.23. The van der Waals surface area contributed by atoms with Gasteiger partial charge in [0.05, 0.1) is 10.7 Å². The number of anilines is 1. The smallest absolute Gasteiger partial charge is 0.150 e. The third-order valence-electron chi connectivity index (χ3n) is 3.48. The zero-order valence-electron chi connectivity index (χ0n) is 13.0. The van der Waals surface area contributed by atoms with Gasteiger partial charge in [0, 0.05) is 22.5 Å². The fourth-order valence-electron chi connectivity index (χ4n) is 2.53. The Morgan fingerprint density at radius 3 is 2.27 bits per heavy atom. The second-order valence-corrected chi connectivity index (χ2v) is 5.09. The van der Waals surface area contributed by atoms with Crippen molar-refractivity contribution in [3.63, 3.8) is 0 Å². The van der Waals surface area contributed by atoms with Crippen molar-refractivity contribution in [3.05, 3.63) is 77.0 Å². The molecule has 0 bridgehead atoms. The van der Waals surface area contributed by atoms with Crippen LogP contribution < -0.4 is 4.90 Å². The predicted molar refractivity (Wildman–Crippen MR) is 94.5 cm³/mol. The third-order valence-corrected chi connectivity index (χ3v) is 3.79. The molecule has 0 amide bonds. The summed E-state index contributed by atoms with van der Waals surface area (Å²) in [5, 5.41) is 0.510. The van der Waals surface area contributed by atoms with Crippen LogP contribution in [-0.4, -0.2) is 0 Å². The average molecular weight is 316 g/mol. The van der Waals surface area contributed by atoms with E-state index in [0.29, 0.717) is 27.5 Å². The van der Waals surface area contributed by atoms with Crippen LogP contribution in [0.4, 0.5) is 10.1 Å².